The fourth-order valence-electron chi connectivity index (χ4n) is 2.35. The molecule has 20 heavy (non-hydrogen) atoms. The predicted molar refractivity (Wildman–Crippen MR) is 73.0 cm³/mol. The molecule has 2 rings (SSSR count). The second kappa shape index (κ2) is 5.94. The number of esters is 1. The van der Waals surface area contributed by atoms with E-state index in [9.17, 15) is 9.59 Å². The zero-order chi connectivity index (χ0) is 14.7. The summed E-state index contributed by atoms with van der Waals surface area (Å²) in [5, 5.41) is 0. The molecule has 1 heterocycles. The number of ether oxygens (including phenoxy) is 2. The van der Waals surface area contributed by atoms with Crippen molar-refractivity contribution in [1.82, 2.24) is 4.90 Å². The molecular weight excluding hydrogens is 258 g/mol. The first-order valence-corrected chi connectivity index (χ1v) is 6.56. The van der Waals surface area contributed by atoms with E-state index >= 15 is 0 Å². The van der Waals surface area contributed by atoms with E-state index in [1.807, 2.05) is 18.2 Å². The first-order valence-electron chi connectivity index (χ1n) is 6.56. The van der Waals surface area contributed by atoms with Gasteiger partial charge in [-0.15, -0.1) is 0 Å². The highest BCUT2D eigenvalue weighted by Crippen LogP contribution is 2.27. The maximum absolute atomic E-state index is 12.2. The Labute approximate surface area is 118 Å². The number of hydrogen-bond donors (Lipinski definition) is 0. The summed E-state index contributed by atoms with van der Waals surface area (Å²) in [7, 11) is 2.96. The van der Waals surface area contributed by atoms with E-state index in [1.54, 1.807) is 18.9 Å². The molecule has 0 fully saturated rings. The van der Waals surface area contributed by atoms with Crippen LogP contribution < -0.4 is 4.74 Å². The van der Waals surface area contributed by atoms with Gasteiger partial charge >= 0.3 is 5.97 Å². The summed E-state index contributed by atoms with van der Waals surface area (Å²) < 4.78 is 9.82. The van der Waals surface area contributed by atoms with Gasteiger partial charge < -0.3 is 14.4 Å². The molecule has 1 aliphatic rings. The molecule has 1 unspecified atom stereocenters. The molecule has 1 amide bonds. The fraction of sp³-hybridized carbons (Fsp3) is 0.467. The van der Waals surface area contributed by atoms with E-state index in [2.05, 4.69) is 4.74 Å². The number of rotatable bonds is 4. The molecular formula is C15H19NO4. The van der Waals surface area contributed by atoms with Gasteiger partial charge in [-0.3, -0.25) is 9.59 Å². The van der Waals surface area contributed by atoms with Gasteiger partial charge in [0, 0.05) is 19.5 Å². The number of methoxy groups -OCH3 is 2. The van der Waals surface area contributed by atoms with Crippen molar-refractivity contribution in [2.45, 2.75) is 26.4 Å². The van der Waals surface area contributed by atoms with Crippen LogP contribution in [0.4, 0.5) is 0 Å². The normalized spacial score (nSPS) is 14.7. The standard InChI is InChI=1S/C15H19NO4/c1-10(15(18)20-3)6-14(17)16-8-11-4-5-13(19-2)7-12(11)9-16/h4-5,7,10H,6,8-9H2,1-3H3. The second-order valence-electron chi connectivity index (χ2n) is 5.01. The van der Waals surface area contributed by atoms with Crippen molar-refractivity contribution >= 4 is 11.9 Å². The van der Waals surface area contributed by atoms with Gasteiger partial charge in [0.15, 0.2) is 0 Å². The third-order valence-electron chi connectivity index (χ3n) is 3.57. The molecule has 1 aromatic carbocycles. The topological polar surface area (TPSA) is 55.8 Å². The summed E-state index contributed by atoms with van der Waals surface area (Å²) >= 11 is 0. The van der Waals surface area contributed by atoms with Gasteiger partial charge in [0.25, 0.3) is 0 Å². The van der Waals surface area contributed by atoms with E-state index < -0.39 is 5.92 Å². The molecule has 0 saturated heterocycles. The Morgan fingerprint density at radius 1 is 1.25 bits per heavy atom. The van der Waals surface area contributed by atoms with Crippen molar-refractivity contribution in [2.75, 3.05) is 14.2 Å². The molecule has 1 atom stereocenters. The van der Waals surface area contributed by atoms with E-state index in [0.717, 1.165) is 16.9 Å². The molecule has 0 N–H and O–H groups in total. The Bertz CT molecular complexity index is 527. The molecule has 1 aliphatic heterocycles. The molecule has 0 bridgehead atoms. The summed E-state index contributed by atoms with van der Waals surface area (Å²) in [6.07, 6.45) is 0.178. The molecule has 108 valence electrons. The minimum Gasteiger partial charge on any atom is -0.497 e. The molecule has 5 heteroatoms. The average molecular weight is 277 g/mol. The van der Waals surface area contributed by atoms with Crippen LogP contribution in [0.15, 0.2) is 18.2 Å². The highest BCUT2D eigenvalue weighted by Gasteiger charge is 2.26. The SMILES string of the molecule is COC(=O)C(C)CC(=O)N1Cc2ccc(OC)cc2C1. The van der Waals surface area contributed by atoms with Gasteiger partial charge in [-0.1, -0.05) is 13.0 Å². The Kier molecular flexibility index (Phi) is 4.27. The van der Waals surface area contributed by atoms with E-state index in [0.29, 0.717) is 13.1 Å². The molecule has 1 aromatic rings. The third kappa shape index (κ3) is 2.92. The van der Waals surface area contributed by atoms with Crippen LogP contribution in [-0.2, 0) is 27.4 Å². The van der Waals surface area contributed by atoms with Gasteiger partial charge in [0.1, 0.15) is 5.75 Å². The monoisotopic (exact) mass is 277 g/mol. The minimum atomic E-state index is -0.411. The lowest BCUT2D eigenvalue weighted by Crippen LogP contribution is -2.29. The maximum atomic E-state index is 12.2. The van der Waals surface area contributed by atoms with Crippen molar-refractivity contribution in [3.63, 3.8) is 0 Å². The molecule has 0 saturated carbocycles. The Hall–Kier alpha value is -2.04. The molecule has 5 nitrogen and oxygen atoms in total. The van der Waals surface area contributed by atoms with Crippen LogP contribution in [0.3, 0.4) is 0 Å². The van der Waals surface area contributed by atoms with Crippen LogP contribution in [0, 0.1) is 5.92 Å². The number of amides is 1. The smallest absolute Gasteiger partial charge is 0.308 e. The van der Waals surface area contributed by atoms with E-state index in [1.165, 1.54) is 7.11 Å². The Morgan fingerprint density at radius 2 is 1.95 bits per heavy atom. The van der Waals surface area contributed by atoms with Crippen molar-refractivity contribution in [1.29, 1.82) is 0 Å². The lowest BCUT2D eigenvalue weighted by Gasteiger charge is -2.17. The lowest BCUT2D eigenvalue weighted by molar-refractivity contribution is -0.148. The second-order valence-corrected chi connectivity index (χ2v) is 5.01. The van der Waals surface area contributed by atoms with Crippen molar-refractivity contribution in [2.24, 2.45) is 5.92 Å². The van der Waals surface area contributed by atoms with Gasteiger partial charge in [0.05, 0.1) is 20.1 Å². The van der Waals surface area contributed by atoms with Crippen LogP contribution in [0.2, 0.25) is 0 Å². The largest absolute Gasteiger partial charge is 0.497 e. The summed E-state index contributed by atoms with van der Waals surface area (Å²) in [4.78, 5) is 25.3. The van der Waals surface area contributed by atoms with Crippen molar-refractivity contribution in [3.8, 4) is 5.75 Å². The van der Waals surface area contributed by atoms with Crippen LogP contribution in [0.25, 0.3) is 0 Å². The van der Waals surface area contributed by atoms with E-state index in [4.69, 9.17) is 4.74 Å². The number of fused-ring (bicyclic) bond motifs is 1. The predicted octanol–water partition coefficient (Wildman–Crippen LogP) is 1.74. The van der Waals surface area contributed by atoms with Crippen LogP contribution in [0.1, 0.15) is 24.5 Å². The van der Waals surface area contributed by atoms with Crippen LogP contribution in [-0.4, -0.2) is 31.0 Å². The molecule has 0 spiro atoms. The number of carbonyl (C=O) groups is 2. The Morgan fingerprint density at radius 3 is 2.60 bits per heavy atom. The first kappa shape index (κ1) is 14.4. The number of nitrogens with zero attached hydrogens (tertiary/aromatic N) is 1. The quantitative estimate of drug-likeness (QED) is 0.787. The minimum absolute atomic E-state index is 0.0296. The van der Waals surface area contributed by atoms with Gasteiger partial charge in [-0.2, -0.15) is 0 Å². The van der Waals surface area contributed by atoms with E-state index in [-0.39, 0.29) is 18.3 Å². The number of hydrogen-bond acceptors (Lipinski definition) is 4. The zero-order valence-electron chi connectivity index (χ0n) is 12.0. The average Bonchev–Trinajstić information content (AvgIpc) is 2.88. The van der Waals surface area contributed by atoms with Gasteiger partial charge in [0.2, 0.25) is 5.91 Å². The summed E-state index contributed by atoms with van der Waals surface area (Å²) in [5.74, 6) is 0.00141. The zero-order valence-corrected chi connectivity index (χ0v) is 12.0. The molecule has 0 aromatic heterocycles. The van der Waals surface area contributed by atoms with Crippen LogP contribution >= 0.6 is 0 Å². The number of carbonyl (C=O) groups excluding carboxylic acids is 2. The Balaban J connectivity index is 2.00. The highest BCUT2D eigenvalue weighted by atomic mass is 16.5. The van der Waals surface area contributed by atoms with Crippen molar-refractivity contribution in [3.05, 3.63) is 29.3 Å². The first-order chi connectivity index (χ1) is 9.55. The van der Waals surface area contributed by atoms with Gasteiger partial charge in [-0.25, -0.2) is 0 Å². The molecule has 0 aliphatic carbocycles. The van der Waals surface area contributed by atoms with Gasteiger partial charge in [-0.05, 0) is 23.3 Å². The van der Waals surface area contributed by atoms with Crippen LogP contribution in [0.5, 0.6) is 5.75 Å². The lowest BCUT2D eigenvalue weighted by atomic mass is 10.1. The van der Waals surface area contributed by atoms with Crippen molar-refractivity contribution < 1.29 is 19.1 Å². The maximum Gasteiger partial charge on any atom is 0.308 e. The number of benzene rings is 1. The molecule has 0 radical (unpaired) electrons. The summed E-state index contributed by atoms with van der Waals surface area (Å²) in [6.45, 7) is 2.86. The fourth-order valence-corrected chi connectivity index (χ4v) is 2.35. The summed E-state index contributed by atoms with van der Waals surface area (Å²) in [6, 6.07) is 5.82. The highest BCUT2D eigenvalue weighted by molar-refractivity contribution is 5.83. The third-order valence-corrected chi connectivity index (χ3v) is 3.57. The summed E-state index contributed by atoms with van der Waals surface area (Å²) in [5.41, 5.74) is 2.23.